The molecule has 0 spiro atoms. The van der Waals surface area contributed by atoms with Gasteiger partial charge in [0.25, 0.3) is 0 Å². The number of H-pyrrole nitrogens is 1. The number of aromatic nitrogens is 1. The van der Waals surface area contributed by atoms with E-state index in [9.17, 15) is 4.79 Å². The molecule has 0 saturated heterocycles. The maximum absolute atomic E-state index is 11.9. The molecule has 2 heterocycles. The van der Waals surface area contributed by atoms with Gasteiger partial charge in [-0.25, -0.2) is 4.79 Å². The van der Waals surface area contributed by atoms with Crippen molar-refractivity contribution in [3.05, 3.63) is 71.4 Å². The minimum atomic E-state index is -0.668. The molecule has 1 aliphatic rings. The Hall–Kier alpha value is -2.79. The molecule has 5 heteroatoms. The monoisotopic (exact) mass is 322 g/mol. The topological polar surface area (TPSA) is 54.6 Å². The average molecular weight is 322 g/mol. The SMILES string of the molecule is O=C(OCc1ccccc1)ON1CCc2c([nH]c3ccccc23)C1. The van der Waals surface area contributed by atoms with Crippen LogP contribution in [0.4, 0.5) is 4.79 Å². The Bertz CT molecular complexity index is 857. The van der Waals surface area contributed by atoms with Gasteiger partial charge in [-0.15, -0.1) is 5.06 Å². The molecular weight excluding hydrogens is 304 g/mol. The Kier molecular flexibility index (Phi) is 3.92. The fourth-order valence-electron chi connectivity index (χ4n) is 3.09. The molecule has 0 atom stereocenters. The number of fused-ring (bicyclic) bond motifs is 3. The number of carbonyl (C=O) groups excluding carboxylic acids is 1. The first-order valence-electron chi connectivity index (χ1n) is 8.01. The third kappa shape index (κ3) is 2.98. The number of para-hydroxylation sites is 1. The zero-order valence-corrected chi connectivity index (χ0v) is 13.2. The molecule has 0 saturated carbocycles. The maximum atomic E-state index is 11.9. The number of nitrogens with one attached hydrogen (secondary N) is 1. The van der Waals surface area contributed by atoms with Crippen molar-refractivity contribution in [3.63, 3.8) is 0 Å². The van der Waals surface area contributed by atoms with Crippen LogP contribution in [0.1, 0.15) is 16.8 Å². The van der Waals surface area contributed by atoms with Gasteiger partial charge < -0.3 is 14.6 Å². The van der Waals surface area contributed by atoms with Crippen molar-refractivity contribution in [1.82, 2.24) is 10.0 Å². The lowest BCUT2D eigenvalue weighted by atomic mass is 10.0. The number of hydroxylamine groups is 2. The van der Waals surface area contributed by atoms with Crippen molar-refractivity contribution < 1.29 is 14.4 Å². The van der Waals surface area contributed by atoms with Crippen LogP contribution in [-0.2, 0) is 29.1 Å². The number of nitrogens with zero attached hydrogens (tertiary/aromatic N) is 1. The normalized spacial score (nSPS) is 14.3. The van der Waals surface area contributed by atoms with Gasteiger partial charge in [0.05, 0.1) is 6.54 Å². The summed E-state index contributed by atoms with van der Waals surface area (Å²) >= 11 is 0. The van der Waals surface area contributed by atoms with Crippen LogP contribution in [0.5, 0.6) is 0 Å². The Labute approximate surface area is 139 Å². The summed E-state index contributed by atoms with van der Waals surface area (Å²) in [7, 11) is 0. The Balaban J connectivity index is 1.37. The van der Waals surface area contributed by atoms with Crippen molar-refractivity contribution in [2.45, 2.75) is 19.6 Å². The van der Waals surface area contributed by atoms with Gasteiger partial charge in [0, 0.05) is 23.1 Å². The summed E-state index contributed by atoms with van der Waals surface area (Å²) < 4.78 is 5.16. The van der Waals surface area contributed by atoms with E-state index in [1.165, 1.54) is 10.9 Å². The number of hydrogen-bond acceptors (Lipinski definition) is 4. The van der Waals surface area contributed by atoms with Crippen LogP contribution < -0.4 is 0 Å². The van der Waals surface area contributed by atoms with Gasteiger partial charge in [-0.1, -0.05) is 48.5 Å². The van der Waals surface area contributed by atoms with Crippen LogP contribution in [-0.4, -0.2) is 22.7 Å². The molecule has 2 aromatic carbocycles. The van der Waals surface area contributed by atoms with Crippen LogP contribution in [0.15, 0.2) is 54.6 Å². The lowest BCUT2D eigenvalue weighted by molar-refractivity contribution is -0.139. The van der Waals surface area contributed by atoms with Gasteiger partial charge in [0.2, 0.25) is 0 Å². The van der Waals surface area contributed by atoms with Gasteiger partial charge in [-0.3, -0.25) is 0 Å². The maximum Gasteiger partial charge on any atom is 0.528 e. The zero-order valence-electron chi connectivity index (χ0n) is 13.2. The van der Waals surface area contributed by atoms with Crippen molar-refractivity contribution in [2.75, 3.05) is 6.54 Å². The summed E-state index contributed by atoms with van der Waals surface area (Å²) in [6.07, 6.45) is 0.170. The van der Waals surface area contributed by atoms with Crippen molar-refractivity contribution in [2.24, 2.45) is 0 Å². The fourth-order valence-corrected chi connectivity index (χ4v) is 3.09. The van der Waals surface area contributed by atoms with Crippen molar-refractivity contribution in [3.8, 4) is 0 Å². The summed E-state index contributed by atoms with van der Waals surface area (Å²) in [5.41, 5.74) is 4.46. The summed E-state index contributed by atoms with van der Waals surface area (Å²) in [6, 6.07) is 17.8. The standard InChI is InChI=1S/C19H18N2O3/c22-19(23-13-14-6-2-1-3-7-14)24-21-11-10-16-15-8-4-5-9-17(15)20-18(16)12-21/h1-9,20H,10-13H2. The van der Waals surface area contributed by atoms with E-state index < -0.39 is 6.16 Å². The second-order valence-electron chi connectivity index (χ2n) is 5.86. The minimum absolute atomic E-state index is 0.213. The molecule has 0 amide bonds. The Morgan fingerprint density at radius 2 is 1.88 bits per heavy atom. The molecule has 1 N–H and O–H groups in total. The third-order valence-electron chi connectivity index (χ3n) is 4.25. The molecule has 0 bridgehead atoms. The first kappa shape index (κ1) is 14.8. The number of carbonyl (C=O) groups is 1. The first-order valence-corrected chi connectivity index (χ1v) is 8.01. The van der Waals surface area contributed by atoms with E-state index in [4.69, 9.17) is 9.57 Å². The van der Waals surface area contributed by atoms with Crippen LogP contribution in [0, 0.1) is 0 Å². The number of ether oxygens (including phenoxy) is 1. The van der Waals surface area contributed by atoms with E-state index in [-0.39, 0.29) is 6.61 Å². The Morgan fingerprint density at radius 1 is 1.08 bits per heavy atom. The highest BCUT2D eigenvalue weighted by atomic mass is 16.8. The van der Waals surface area contributed by atoms with Crippen molar-refractivity contribution in [1.29, 1.82) is 0 Å². The molecule has 3 aromatic rings. The van der Waals surface area contributed by atoms with Gasteiger partial charge >= 0.3 is 6.16 Å². The number of benzene rings is 2. The third-order valence-corrected chi connectivity index (χ3v) is 4.25. The molecule has 0 fully saturated rings. The molecule has 122 valence electrons. The van der Waals surface area contributed by atoms with Gasteiger partial charge in [-0.05, 0) is 23.6 Å². The highest BCUT2D eigenvalue weighted by molar-refractivity contribution is 5.84. The number of hydrogen-bond donors (Lipinski definition) is 1. The van der Waals surface area contributed by atoms with Gasteiger partial charge in [-0.2, -0.15) is 0 Å². The molecule has 0 aliphatic carbocycles. The summed E-state index contributed by atoms with van der Waals surface area (Å²) in [5, 5.41) is 2.89. The minimum Gasteiger partial charge on any atom is -0.428 e. The predicted octanol–water partition coefficient (Wildman–Crippen LogP) is 3.79. The number of rotatable bonds is 3. The second kappa shape index (κ2) is 6.37. The van der Waals surface area contributed by atoms with E-state index in [1.807, 2.05) is 42.5 Å². The van der Waals surface area contributed by atoms with Crippen LogP contribution in [0.2, 0.25) is 0 Å². The molecular formula is C19H18N2O3. The fraction of sp³-hybridized carbons (Fsp3) is 0.211. The van der Waals surface area contributed by atoms with Gasteiger partial charge in [0.1, 0.15) is 6.61 Å². The van der Waals surface area contributed by atoms with E-state index >= 15 is 0 Å². The lowest BCUT2D eigenvalue weighted by Crippen LogP contribution is -2.33. The van der Waals surface area contributed by atoms with E-state index in [1.54, 1.807) is 5.06 Å². The highest BCUT2D eigenvalue weighted by Gasteiger charge is 2.23. The van der Waals surface area contributed by atoms with Crippen LogP contribution >= 0.6 is 0 Å². The molecule has 1 aliphatic heterocycles. The largest absolute Gasteiger partial charge is 0.528 e. The smallest absolute Gasteiger partial charge is 0.428 e. The van der Waals surface area contributed by atoms with Crippen LogP contribution in [0.25, 0.3) is 10.9 Å². The Morgan fingerprint density at radius 3 is 2.75 bits per heavy atom. The summed E-state index contributed by atoms with van der Waals surface area (Å²) in [4.78, 5) is 20.6. The van der Waals surface area contributed by atoms with E-state index in [2.05, 4.69) is 17.1 Å². The molecule has 4 rings (SSSR count). The quantitative estimate of drug-likeness (QED) is 0.745. The molecule has 24 heavy (non-hydrogen) atoms. The highest BCUT2D eigenvalue weighted by Crippen LogP contribution is 2.27. The summed E-state index contributed by atoms with van der Waals surface area (Å²) in [5.74, 6) is 0. The lowest BCUT2D eigenvalue weighted by Gasteiger charge is -2.24. The zero-order chi connectivity index (χ0) is 16.4. The molecule has 0 radical (unpaired) electrons. The molecule has 0 unspecified atom stereocenters. The molecule has 1 aromatic heterocycles. The van der Waals surface area contributed by atoms with Crippen molar-refractivity contribution >= 4 is 17.1 Å². The summed E-state index contributed by atoms with van der Waals surface area (Å²) in [6.45, 7) is 1.42. The van der Waals surface area contributed by atoms with Crippen LogP contribution in [0.3, 0.4) is 0 Å². The van der Waals surface area contributed by atoms with E-state index in [0.717, 1.165) is 23.2 Å². The predicted molar refractivity (Wildman–Crippen MR) is 90.1 cm³/mol. The first-order chi connectivity index (χ1) is 11.8. The second-order valence-corrected chi connectivity index (χ2v) is 5.86. The van der Waals surface area contributed by atoms with Gasteiger partial charge in [0.15, 0.2) is 0 Å². The number of aromatic amines is 1. The average Bonchev–Trinajstić information content (AvgIpc) is 2.98. The van der Waals surface area contributed by atoms with E-state index in [0.29, 0.717) is 13.1 Å². The molecule has 5 nitrogen and oxygen atoms in total.